The van der Waals surface area contributed by atoms with Crippen LogP contribution in [0.25, 0.3) is 4.96 Å². The number of aryl methyl sites for hydroxylation is 1. The van der Waals surface area contributed by atoms with E-state index < -0.39 is 0 Å². The molecule has 3 aromatic rings. The standard InChI is InChI=1S/C20H27N5O4S/c1-12-21-20-25(22-12)19(26)18(30-20)16(24-8-6-23(2)7-9-24)14-10-13(27-3)11-15(28-4)17(14)29-5/h10-11,16,26H,6-9H2,1-5H3. The number of likely N-dealkylation sites (N-methyl/N-ethyl adjacent to an activating group) is 1. The van der Waals surface area contributed by atoms with E-state index in [1.165, 1.54) is 15.9 Å². The number of nitrogens with zero attached hydrogens (tertiary/aromatic N) is 5. The second-order valence-corrected chi connectivity index (χ2v) is 8.35. The van der Waals surface area contributed by atoms with Gasteiger partial charge in [-0.25, -0.2) is 4.98 Å². The number of fused-ring (bicyclic) bond motifs is 1. The molecule has 0 saturated carbocycles. The maximum Gasteiger partial charge on any atom is 0.230 e. The number of aromatic hydroxyl groups is 1. The van der Waals surface area contributed by atoms with Crippen LogP contribution in [-0.4, -0.2) is 84.1 Å². The Labute approximate surface area is 179 Å². The molecule has 2 aromatic heterocycles. The molecular formula is C20H27N5O4S. The zero-order valence-electron chi connectivity index (χ0n) is 17.9. The molecule has 1 aromatic carbocycles. The SMILES string of the molecule is COc1cc(OC)c(OC)c(C(c2sc3nc(C)nn3c2O)N2CCN(C)CC2)c1. The van der Waals surface area contributed by atoms with Gasteiger partial charge in [0.1, 0.15) is 11.6 Å². The molecule has 10 heteroatoms. The lowest BCUT2D eigenvalue weighted by Gasteiger charge is -2.38. The molecule has 1 unspecified atom stereocenters. The van der Waals surface area contributed by atoms with Crippen molar-refractivity contribution >= 4 is 16.3 Å². The Balaban J connectivity index is 1.91. The molecule has 4 rings (SSSR count). The molecule has 0 amide bonds. The Bertz CT molecular complexity index is 1040. The summed E-state index contributed by atoms with van der Waals surface area (Å²) in [5.41, 5.74) is 0.870. The number of rotatable bonds is 6. The number of thiazole rings is 1. The van der Waals surface area contributed by atoms with Crippen LogP contribution in [0.1, 0.15) is 22.3 Å². The summed E-state index contributed by atoms with van der Waals surface area (Å²) in [4.78, 5) is 10.5. The molecule has 3 heterocycles. The third-order valence-electron chi connectivity index (χ3n) is 5.47. The summed E-state index contributed by atoms with van der Waals surface area (Å²) in [6.07, 6.45) is 0. The van der Waals surface area contributed by atoms with Crippen molar-refractivity contribution in [1.82, 2.24) is 24.4 Å². The fourth-order valence-electron chi connectivity index (χ4n) is 3.90. The van der Waals surface area contributed by atoms with Crippen LogP contribution in [0, 0.1) is 6.92 Å². The van der Waals surface area contributed by atoms with Gasteiger partial charge in [0.25, 0.3) is 0 Å². The molecule has 1 atom stereocenters. The summed E-state index contributed by atoms with van der Waals surface area (Å²) in [5.74, 6) is 2.59. The Morgan fingerprint density at radius 2 is 1.80 bits per heavy atom. The molecule has 0 aliphatic carbocycles. The molecule has 1 N–H and O–H groups in total. The highest BCUT2D eigenvalue weighted by molar-refractivity contribution is 7.17. The lowest BCUT2D eigenvalue weighted by Crippen LogP contribution is -2.46. The Morgan fingerprint density at radius 1 is 1.07 bits per heavy atom. The van der Waals surface area contributed by atoms with Gasteiger partial charge in [0.05, 0.1) is 32.2 Å². The van der Waals surface area contributed by atoms with E-state index in [1.54, 1.807) is 27.4 Å². The van der Waals surface area contributed by atoms with Gasteiger partial charge in [-0.1, -0.05) is 11.3 Å². The lowest BCUT2D eigenvalue weighted by molar-refractivity contribution is 0.125. The monoisotopic (exact) mass is 433 g/mol. The topological polar surface area (TPSA) is 84.6 Å². The molecule has 30 heavy (non-hydrogen) atoms. The average molecular weight is 434 g/mol. The molecule has 0 spiro atoms. The van der Waals surface area contributed by atoms with Gasteiger partial charge in [-0.15, -0.1) is 5.10 Å². The summed E-state index contributed by atoms with van der Waals surface area (Å²) in [6, 6.07) is 3.49. The van der Waals surface area contributed by atoms with Gasteiger partial charge in [-0.3, -0.25) is 4.90 Å². The third kappa shape index (κ3) is 3.55. The van der Waals surface area contributed by atoms with Crippen LogP contribution in [0.3, 0.4) is 0 Å². The first-order chi connectivity index (χ1) is 14.5. The van der Waals surface area contributed by atoms with Crippen molar-refractivity contribution in [2.75, 3.05) is 54.6 Å². The Hall–Kier alpha value is -2.56. The quantitative estimate of drug-likeness (QED) is 0.633. The fourth-order valence-corrected chi connectivity index (χ4v) is 5.05. The number of hydrogen-bond donors (Lipinski definition) is 1. The molecule has 1 aliphatic heterocycles. The first-order valence-electron chi connectivity index (χ1n) is 9.74. The molecule has 0 bridgehead atoms. The predicted octanol–water partition coefficient (Wildman–Crippen LogP) is 2.17. The smallest absolute Gasteiger partial charge is 0.230 e. The Kier molecular flexibility index (Phi) is 5.72. The van der Waals surface area contributed by atoms with Crippen molar-refractivity contribution in [3.8, 4) is 23.1 Å². The van der Waals surface area contributed by atoms with Crippen LogP contribution in [0.15, 0.2) is 12.1 Å². The molecule has 1 aliphatic rings. The fraction of sp³-hybridized carbons (Fsp3) is 0.500. The van der Waals surface area contributed by atoms with E-state index in [0.717, 1.165) is 36.6 Å². The molecule has 9 nitrogen and oxygen atoms in total. The first kappa shape index (κ1) is 20.7. The van der Waals surface area contributed by atoms with E-state index in [4.69, 9.17) is 14.2 Å². The highest BCUT2D eigenvalue weighted by atomic mass is 32.1. The zero-order valence-corrected chi connectivity index (χ0v) is 18.7. The normalized spacial score (nSPS) is 16.7. The van der Waals surface area contributed by atoms with E-state index in [9.17, 15) is 5.11 Å². The first-order valence-corrected chi connectivity index (χ1v) is 10.6. The van der Waals surface area contributed by atoms with Gasteiger partial charge in [-0.05, 0) is 20.0 Å². The number of ether oxygens (including phenoxy) is 3. The second kappa shape index (κ2) is 8.29. The molecule has 1 fully saturated rings. The van der Waals surface area contributed by atoms with Crippen LogP contribution in [0.5, 0.6) is 23.1 Å². The van der Waals surface area contributed by atoms with E-state index in [2.05, 4.69) is 26.9 Å². The van der Waals surface area contributed by atoms with Crippen molar-refractivity contribution in [2.45, 2.75) is 13.0 Å². The third-order valence-corrected chi connectivity index (χ3v) is 6.54. The minimum absolute atomic E-state index is 0.100. The highest BCUT2D eigenvalue weighted by Gasteiger charge is 2.34. The van der Waals surface area contributed by atoms with Crippen molar-refractivity contribution in [3.05, 3.63) is 28.4 Å². The maximum absolute atomic E-state index is 11.1. The number of aromatic nitrogens is 3. The van der Waals surface area contributed by atoms with Crippen molar-refractivity contribution in [2.24, 2.45) is 0 Å². The summed E-state index contributed by atoms with van der Waals surface area (Å²) in [6.45, 7) is 5.36. The van der Waals surface area contributed by atoms with Gasteiger partial charge in [0.15, 0.2) is 11.5 Å². The number of methoxy groups -OCH3 is 3. The Morgan fingerprint density at radius 3 is 2.40 bits per heavy atom. The zero-order chi connectivity index (χ0) is 21.4. The second-order valence-electron chi connectivity index (χ2n) is 7.34. The van der Waals surface area contributed by atoms with Crippen LogP contribution in [0.4, 0.5) is 0 Å². The maximum atomic E-state index is 11.1. The molecule has 162 valence electrons. The number of hydrogen-bond acceptors (Lipinski definition) is 9. The largest absolute Gasteiger partial charge is 0.497 e. The van der Waals surface area contributed by atoms with Crippen LogP contribution < -0.4 is 14.2 Å². The molecule has 0 radical (unpaired) electrons. The van der Waals surface area contributed by atoms with Gasteiger partial charge < -0.3 is 24.2 Å². The van der Waals surface area contributed by atoms with Crippen molar-refractivity contribution in [1.29, 1.82) is 0 Å². The van der Waals surface area contributed by atoms with Crippen LogP contribution in [0.2, 0.25) is 0 Å². The van der Waals surface area contributed by atoms with Gasteiger partial charge >= 0.3 is 0 Å². The van der Waals surface area contributed by atoms with Gasteiger partial charge in [-0.2, -0.15) is 4.52 Å². The highest BCUT2D eigenvalue weighted by Crippen LogP contribution is 2.47. The summed E-state index contributed by atoms with van der Waals surface area (Å²) < 4.78 is 18.4. The predicted molar refractivity (Wildman–Crippen MR) is 114 cm³/mol. The lowest BCUT2D eigenvalue weighted by atomic mass is 10.00. The van der Waals surface area contributed by atoms with Crippen molar-refractivity contribution < 1.29 is 19.3 Å². The van der Waals surface area contributed by atoms with E-state index in [1.807, 2.05) is 13.0 Å². The number of piperazine rings is 1. The van der Waals surface area contributed by atoms with Gasteiger partial charge in [0, 0.05) is 37.8 Å². The van der Waals surface area contributed by atoms with Crippen molar-refractivity contribution in [3.63, 3.8) is 0 Å². The van der Waals surface area contributed by atoms with E-state index in [-0.39, 0.29) is 11.9 Å². The minimum Gasteiger partial charge on any atom is -0.497 e. The average Bonchev–Trinajstić information content (AvgIpc) is 3.26. The summed E-state index contributed by atoms with van der Waals surface area (Å²) in [5, 5.41) is 15.4. The van der Waals surface area contributed by atoms with E-state index in [0.29, 0.717) is 28.0 Å². The van der Waals surface area contributed by atoms with Gasteiger partial charge in [0.2, 0.25) is 10.8 Å². The summed E-state index contributed by atoms with van der Waals surface area (Å²) >= 11 is 1.44. The molecular weight excluding hydrogens is 406 g/mol. The van der Waals surface area contributed by atoms with Crippen LogP contribution in [-0.2, 0) is 0 Å². The van der Waals surface area contributed by atoms with Crippen LogP contribution >= 0.6 is 11.3 Å². The minimum atomic E-state index is -0.258. The van der Waals surface area contributed by atoms with E-state index >= 15 is 0 Å². The molecule has 1 saturated heterocycles. The summed E-state index contributed by atoms with van der Waals surface area (Å²) in [7, 11) is 6.97. The number of benzene rings is 1.